The predicted octanol–water partition coefficient (Wildman–Crippen LogP) is 6.80. The van der Waals surface area contributed by atoms with Gasteiger partial charge in [-0.3, -0.25) is 34.4 Å². The molecule has 7 aromatic rings. The maximum atomic E-state index is 14.6. The van der Waals surface area contributed by atoms with E-state index in [9.17, 15) is 24.0 Å². The van der Waals surface area contributed by atoms with Crippen molar-refractivity contribution >= 4 is 51.4 Å². The fourth-order valence-corrected chi connectivity index (χ4v) is 7.81. The molecular weight excluding hydrogens is 857 g/mol. The average Bonchev–Trinajstić information content (AvgIpc) is 3.34. The average molecular weight is 913 g/mol. The normalized spacial score (nSPS) is 13.1. The first kappa shape index (κ1) is 48.1. The molecule has 3 unspecified atom stereocenters. The van der Waals surface area contributed by atoms with E-state index >= 15 is 0 Å². The highest BCUT2D eigenvalue weighted by molar-refractivity contribution is 5.99. The molecule has 4 atom stereocenters. The number of aromatic nitrogens is 3. The molecule has 0 aliphatic heterocycles. The van der Waals surface area contributed by atoms with Gasteiger partial charge in [0.15, 0.2) is 0 Å². The van der Waals surface area contributed by atoms with Gasteiger partial charge in [-0.1, -0.05) is 143 Å². The number of rotatable bonds is 20. The lowest BCUT2D eigenvalue weighted by molar-refractivity contribution is -0.153. The van der Waals surface area contributed by atoms with Crippen LogP contribution in [0.15, 0.2) is 158 Å². The van der Waals surface area contributed by atoms with Crippen molar-refractivity contribution in [1.82, 2.24) is 41.3 Å². The van der Waals surface area contributed by atoms with E-state index in [1.165, 1.54) is 0 Å². The van der Waals surface area contributed by atoms with Gasteiger partial charge in [0.05, 0.1) is 35.7 Å². The highest BCUT2D eigenvalue weighted by atomic mass is 16.5. The first-order valence-corrected chi connectivity index (χ1v) is 22.8. The van der Waals surface area contributed by atoms with Crippen LogP contribution in [0.3, 0.4) is 0 Å². The number of hydrogen-bond acceptors (Lipinski definition) is 10. The van der Waals surface area contributed by atoms with Gasteiger partial charge < -0.3 is 20.7 Å². The summed E-state index contributed by atoms with van der Waals surface area (Å²) in [7, 11) is 0. The number of fused-ring (bicyclic) bond motifs is 2. The van der Waals surface area contributed by atoms with Gasteiger partial charge in [0.1, 0.15) is 29.6 Å². The van der Waals surface area contributed by atoms with Crippen LogP contribution >= 0.6 is 0 Å². The molecule has 0 fully saturated rings. The van der Waals surface area contributed by atoms with Crippen molar-refractivity contribution in [2.24, 2.45) is 11.8 Å². The number of carbonyl (C=O) groups excluding carboxylic acids is 5. The van der Waals surface area contributed by atoms with Crippen LogP contribution in [-0.4, -0.2) is 80.3 Å². The van der Waals surface area contributed by atoms with Gasteiger partial charge in [-0.2, -0.15) is 0 Å². The third kappa shape index (κ3) is 13.2. The van der Waals surface area contributed by atoms with E-state index in [-0.39, 0.29) is 49.2 Å². The van der Waals surface area contributed by atoms with Crippen LogP contribution in [0, 0.1) is 11.8 Å². The van der Waals surface area contributed by atoms with Gasteiger partial charge >= 0.3 is 5.97 Å². The zero-order valence-corrected chi connectivity index (χ0v) is 38.5. The monoisotopic (exact) mass is 912 g/mol. The first-order chi connectivity index (χ1) is 32.9. The molecule has 0 aliphatic carbocycles. The molecule has 0 bridgehead atoms. The number of para-hydroxylation sites is 2. The summed E-state index contributed by atoms with van der Waals surface area (Å²) >= 11 is 0. The molecule has 3 aromatic heterocycles. The second-order valence-electron chi connectivity index (χ2n) is 17.3. The maximum absolute atomic E-state index is 14.6. The Balaban J connectivity index is 1.19. The number of amides is 4. The molecule has 3 heterocycles. The third-order valence-corrected chi connectivity index (χ3v) is 11.4. The molecule has 14 nitrogen and oxygen atoms in total. The molecule has 348 valence electrons. The summed E-state index contributed by atoms with van der Waals surface area (Å²) in [5.74, 6) is -3.41. The van der Waals surface area contributed by atoms with Crippen molar-refractivity contribution in [1.29, 1.82) is 0 Å². The van der Waals surface area contributed by atoms with E-state index in [0.29, 0.717) is 16.7 Å². The van der Waals surface area contributed by atoms with E-state index in [4.69, 9.17) is 4.74 Å². The quantitative estimate of drug-likeness (QED) is 0.0469. The van der Waals surface area contributed by atoms with Crippen molar-refractivity contribution in [2.45, 2.75) is 71.3 Å². The number of pyridine rings is 3. The van der Waals surface area contributed by atoms with Gasteiger partial charge in [0.25, 0.3) is 17.7 Å². The van der Waals surface area contributed by atoms with Crippen LogP contribution < -0.4 is 21.4 Å². The van der Waals surface area contributed by atoms with Gasteiger partial charge in [-0.25, -0.2) is 15.0 Å². The van der Waals surface area contributed by atoms with Crippen molar-refractivity contribution in [2.75, 3.05) is 6.54 Å². The Bertz CT molecular complexity index is 2830. The molecule has 0 spiro atoms. The van der Waals surface area contributed by atoms with E-state index in [0.717, 1.165) is 21.9 Å². The van der Waals surface area contributed by atoms with E-state index < -0.39 is 53.8 Å². The molecule has 68 heavy (non-hydrogen) atoms. The molecule has 4 N–H and O–H groups in total. The lowest BCUT2D eigenvalue weighted by atomic mass is 9.98. The fraction of sp³-hybridized carbons (Fsp3) is 0.259. The van der Waals surface area contributed by atoms with Crippen LogP contribution in [0.1, 0.15) is 65.5 Å². The summed E-state index contributed by atoms with van der Waals surface area (Å²) < 4.78 is 6.37. The van der Waals surface area contributed by atoms with Crippen LogP contribution in [0.4, 0.5) is 0 Å². The lowest BCUT2D eigenvalue weighted by Gasteiger charge is -2.35. The Morgan fingerprint density at radius 1 is 0.559 bits per heavy atom. The minimum Gasteiger partial charge on any atom is -0.458 e. The SMILES string of the molecule is CC(C)C(NC(=O)c1ccc2ccccc2n1)C(=O)NN(Cc1ccccc1)CC(OC(=O)Cc1ccccn1)C(Cc1ccccc1)NC(=O)[C@@H](NC(=O)c1ccc2ccccc2n1)C(C)C. The Morgan fingerprint density at radius 2 is 1.07 bits per heavy atom. The smallest absolute Gasteiger partial charge is 0.312 e. The summed E-state index contributed by atoms with van der Waals surface area (Å²) in [6, 6.07) is 42.9. The second-order valence-corrected chi connectivity index (χ2v) is 17.3. The maximum Gasteiger partial charge on any atom is 0.312 e. The van der Waals surface area contributed by atoms with E-state index in [1.54, 1.807) is 47.6 Å². The largest absolute Gasteiger partial charge is 0.458 e. The minimum absolute atomic E-state index is 0.114. The number of carbonyl (C=O) groups is 5. The van der Waals surface area contributed by atoms with Crippen molar-refractivity contribution in [3.63, 3.8) is 0 Å². The number of nitrogens with one attached hydrogen (secondary N) is 4. The number of hydrogen-bond donors (Lipinski definition) is 4. The zero-order chi connectivity index (χ0) is 48.0. The molecule has 7 rings (SSSR count). The standard InChI is InChI=1S/C54H56N8O6/c1-35(2)49(59-51(64)44-28-26-39-21-11-13-24-42(39)56-44)53(66)58-46(31-37-17-7-5-8-18-37)47(68-48(63)32-41-23-15-16-30-55-41)34-62(33-38-19-9-6-10-20-38)61-54(67)50(36(3)4)60-52(65)45-29-27-40-22-12-14-25-43(40)57-45/h5-30,35-36,46-47,49-50H,31-34H2,1-4H3,(H,58,66)(H,59,64)(H,60,65)(H,61,67)/t46?,47?,49-,50?/m0/s1. The molecule has 4 amide bonds. The van der Waals surface area contributed by atoms with Crippen molar-refractivity contribution in [3.8, 4) is 0 Å². The molecular formula is C54H56N8O6. The molecule has 0 saturated carbocycles. The summed E-state index contributed by atoms with van der Waals surface area (Å²) in [5.41, 5.74) is 6.77. The van der Waals surface area contributed by atoms with Crippen LogP contribution in [-0.2, 0) is 38.5 Å². The predicted molar refractivity (Wildman–Crippen MR) is 261 cm³/mol. The summed E-state index contributed by atoms with van der Waals surface area (Å²) in [4.78, 5) is 84.0. The highest BCUT2D eigenvalue weighted by Crippen LogP contribution is 2.18. The number of ether oxygens (including phenoxy) is 1. The summed E-state index contributed by atoms with van der Waals surface area (Å²) in [6.07, 6.45) is 0.528. The van der Waals surface area contributed by atoms with Gasteiger partial charge in [-0.15, -0.1) is 0 Å². The van der Waals surface area contributed by atoms with Crippen molar-refractivity contribution < 1.29 is 28.7 Å². The Morgan fingerprint density at radius 3 is 1.62 bits per heavy atom. The van der Waals surface area contributed by atoms with Gasteiger partial charge in [0.2, 0.25) is 5.91 Å². The lowest BCUT2D eigenvalue weighted by Crippen LogP contribution is -2.60. The third-order valence-electron chi connectivity index (χ3n) is 11.4. The highest BCUT2D eigenvalue weighted by Gasteiger charge is 2.35. The van der Waals surface area contributed by atoms with Crippen LogP contribution in [0.2, 0.25) is 0 Å². The Labute approximate surface area is 395 Å². The minimum atomic E-state index is -1.10. The first-order valence-electron chi connectivity index (χ1n) is 22.8. The number of hydrazine groups is 1. The van der Waals surface area contributed by atoms with E-state index in [2.05, 4.69) is 36.3 Å². The molecule has 0 aliphatic rings. The van der Waals surface area contributed by atoms with Crippen molar-refractivity contribution in [3.05, 3.63) is 186 Å². The van der Waals surface area contributed by atoms with Gasteiger partial charge in [0, 0.05) is 23.5 Å². The fourth-order valence-electron chi connectivity index (χ4n) is 7.81. The Hall–Kier alpha value is -7.84. The van der Waals surface area contributed by atoms with Gasteiger partial charge in [-0.05, 0) is 65.8 Å². The van der Waals surface area contributed by atoms with E-state index in [1.807, 2.05) is 143 Å². The summed E-state index contributed by atoms with van der Waals surface area (Å²) in [5, 5.41) is 12.3. The topological polar surface area (TPSA) is 185 Å². The number of esters is 1. The zero-order valence-electron chi connectivity index (χ0n) is 38.5. The Kier molecular flexibility index (Phi) is 16.3. The number of benzene rings is 4. The van der Waals surface area contributed by atoms with Crippen LogP contribution in [0.5, 0.6) is 0 Å². The summed E-state index contributed by atoms with van der Waals surface area (Å²) in [6.45, 7) is 7.34. The van der Waals surface area contributed by atoms with Crippen LogP contribution in [0.25, 0.3) is 21.8 Å². The number of nitrogens with zero attached hydrogens (tertiary/aromatic N) is 4. The molecule has 0 saturated heterocycles. The molecule has 4 aromatic carbocycles. The molecule has 14 heteroatoms. The second kappa shape index (κ2) is 23.1. The molecule has 0 radical (unpaired) electrons.